The van der Waals surface area contributed by atoms with E-state index in [0.717, 1.165) is 0 Å². The van der Waals surface area contributed by atoms with Crippen LogP contribution in [0.15, 0.2) is 18.2 Å². The molecule has 3 N–H and O–H groups in total. The van der Waals surface area contributed by atoms with Crippen LogP contribution in [0.3, 0.4) is 0 Å². The number of benzene rings is 1. The third-order valence-electron chi connectivity index (χ3n) is 2.93. The van der Waals surface area contributed by atoms with Crippen molar-refractivity contribution in [2.24, 2.45) is 5.92 Å². The average Bonchev–Trinajstić information content (AvgIpc) is 2.43. The Hall–Kier alpha value is -1.79. The number of amides is 2. The van der Waals surface area contributed by atoms with Gasteiger partial charge in [0.2, 0.25) is 5.91 Å². The molecule has 0 radical (unpaired) electrons. The Morgan fingerprint density at radius 2 is 1.87 bits per heavy atom. The molecule has 1 aromatic rings. The van der Waals surface area contributed by atoms with Crippen molar-refractivity contribution < 1.29 is 19.5 Å². The molecule has 0 aromatic heterocycles. The molecule has 1 aromatic carbocycles. The average molecular weight is 361 g/mol. The van der Waals surface area contributed by atoms with Gasteiger partial charge in [0.25, 0.3) is 5.91 Å². The zero-order valence-corrected chi connectivity index (χ0v) is 14.2. The number of hydrogen-bond donors (Lipinski definition) is 3. The molecule has 2 amide bonds. The molecule has 1 atom stereocenters. The van der Waals surface area contributed by atoms with Crippen LogP contribution in [-0.2, 0) is 9.59 Å². The SMILES string of the molecule is CC(C)C[C@H](NC(=O)CNC(=O)c1ccc(Cl)cc1Cl)C(=O)O. The lowest BCUT2D eigenvalue weighted by molar-refractivity contribution is -0.142. The van der Waals surface area contributed by atoms with E-state index >= 15 is 0 Å². The lowest BCUT2D eigenvalue weighted by atomic mass is 10.0. The van der Waals surface area contributed by atoms with Crippen molar-refractivity contribution in [2.45, 2.75) is 26.3 Å². The highest BCUT2D eigenvalue weighted by atomic mass is 35.5. The Morgan fingerprint density at radius 3 is 2.39 bits per heavy atom. The highest BCUT2D eigenvalue weighted by Crippen LogP contribution is 2.20. The maximum absolute atomic E-state index is 11.9. The first-order chi connectivity index (χ1) is 10.7. The fraction of sp³-hybridized carbons (Fsp3) is 0.400. The number of rotatable bonds is 7. The fourth-order valence-electron chi connectivity index (χ4n) is 1.87. The molecule has 0 bridgehead atoms. The molecule has 0 aliphatic rings. The summed E-state index contributed by atoms with van der Waals surface area (Å²) in [7, 11) is 0. The van der Waals surface area contributed by atoms with Gasteiger partial charge in [-0.25, -0.2) is 4.79 Å². The molecule has 1 rings (SSSR count). The Labute approximate surface area is 144 Å². The molecule has 0 unspecified atom stereocenters. The van der Waals surface area contributed by atoms with Gasteiger partial charge >= 0.3 is 5.97 Å². The van der Waals surface area contributed by atoms with E-state index < -0.39 is 23.8 Å². The number of aliphatic carboxylic acids is 1. The highest BCUT2D eigenvalue weighted by molar-refractivity contribution is 6.36. The number of hydrogen-bond acceptors (Lipinski definition) is 3. The van der Waals surface area contributed by atoms with Crippen LogP contribution in [0.4, 0.5) is 0 Å². The quantitative estimate of drug-likeness (QED) is 0.695. The third kappa shape index (κ3) is 6.46. The third-order valence-corrected chi connectivity index (χ3v) is 3.47. The van der Waals surface area contributed by atoms with Gasteiger partial charge in [-0.05, 0) is 30.5 Å². The summed E-state index contributed by atoms with van der Waals surface area (Å²) >= 11 is 11.6. The van der Waals surface area contributed by atoms with Gasteiger partial charge in [0.05, 0.1) is 17.1 Å². The van der Waals surface area contributed by atoms with Gasteiger partial charge in [-0.15, -0.1) is 0 Å². The molecule has 0 aliphatic carbocycles. The summed E-state index contributed by atoms with van der Waals surface area (Å²) in [6.07, 6.45) is 0.304. The minimum absolute atomic E-state index is 0.110. The van der Waals surface area contributed by atoms with Crippen LogP contribution in [0.2, 0.25) is 10.0 Å². The second-order valence-corrected chi connectivity index (χ2v) is 6.24. The standard InChI is InChI=1S/C15H18Cl2N2O4/c1-8(2)5-12(15(22)23)19-13(20)7-18-14(21)10-4-3-9(16)6-11(10)17/h3-4,6,8,12H,5,7H2,1-2H3,(H,18,21)(H,19,20)(H,22,23)/t12-/m0/s1. The summed E-state index contributed by atoms with van der Waals surface area (Å²) in [6.45, 7) is 3.36. The number of carboxylic acids is 1. The second kappa shape index (κ2) is 8.74. The van der Waals surface area contributed by atoms with Crippen molar-refractivity contribution in [1.29, 1.82) is 0 Å². The largest absolute Gasteiger partial charge is 0.480 e. The fourth-order valence-corrected chi connectivity index (χ4v) is 2.36. The monoisotopic (exact) mass is 360 g/mol. The van der Waals surface area contributed by atoms with Crippen molar-refractivity contribution in [2.75, 3.05) is 6.54 Å². The first-order valence-electron chi connectivity index (χ1n) is 6.96. The zero-order chi connectivity index (χ0) is 17.6. The van der Waals surface area contributed by atoms with E-state index in [2.05, 4.69) is 10.6 Å². The van der Waals surface area contributed by atoms with Crippen molar-refractivity contribution >= 4 is 41.0 Å². The van der Waals surface area contributed by atoms with Gasteiger partial charge in [0.15, 0.2) is 0 Å². The van der Waals surface area contributed by atoms with Crippen molar-refractivity contribution in [3.63, 3.8) is 0 Å². The smallest absolute Gasteiger partial charge is 0.326 e. The number of carbonyl (C=O) groups is 3. The lowest BCUT2D eigenvalue weighted by Crippen LogP contribution is -2.46. The van der Waals surface area contributed by atoms with Gasteiger partial charge in [0.1, 0.15) is 6.04 Å². The normalized spacial score (nSPS) is 11.9. The van der Waals surface area contributed by atoms with Crippen molar-refractivity contribution in [3.05, 3.63) is 33.8 Å². The molecule has 0 saturated carbocycles. The molecule has 23 heavy (non-hydrogen) atoms. The summed E-state index contributed by atoms with van der Waals surface area (Å²) in [5.41, 5.74) is 0.181. The van der Waals surface area contributed by atoms with Crippen LogP contribution in [-0.4, -0.2) is 35.5 Å². The molecule has 0 heterocycles. The Balaban J connectivity index is 2.58. The molecular weight excluding hydrogens is 343 g/mol. The number of halogens is 2. The van der Waals surface area contributed by atoms with Crippen LogP contribution in [0.5, 0.6) is 0 Å². The number of carbonyl (C=O) groups excluding carboxylic acids is 2. The number of nitrogens with one attached hydrogen (secondary N) is 2. The van der Waals surface area contributed by atoms with Gasteiger partial charge in [-0.2, -0.15) is 0 Å². The van der Waals surface area contributed by atoms with Gasteiger partial charge in [-0.1, -0.05) is 37.0 Å². The first kappa shape index (κ1) is 19.3. The molecule has 0 aliphatic heterocycles. The van der Waals surface area contributed by atoms with E-state index in [1.807, 2.05) is 13.8 Å². The zero-order valence-electron chi connectivity index (χ0n) is 12.7. The highest BCUT2D eigenvalue weighted by Gasteiger charge is 2.21. The summed E-state index contributed by atoms with van der Waals surface area (Å²) in [4.78, 5) is 34.8. The maximum Gasteiger partial charge on any atom is 0.326 e. The summed E-state index contributed by atoms with van der Waals surface area (Å²) in [6, 6.07) is 3.38. The van der Waals surface area contributed by atoms with Crippen molar-refractivity contribution in [1.82, 2.24) is 10.6 Å². The van der Waals surface area contributed by atoms with Crippen LogP contribution in [0.1, 0.15) is 30.6 Å². The van der Waals surface area contributed by atoms with E-state index in [1.54, 1.807) is 0 Å². The van der Waals surface area contributed by atoms with E-state index in [-0.39, 0.29) is 23.0 Å². The second-order valence-electron chi connectivity index (χ2n) is 5.39. The van der Waals surface area contributed by atoms with Gasteiger partial charge in [0, 0.05) is 5.02 Å². The summed E-state index contributed by atoms with van der Waals surface area (Å²) in [5.74, 6) is -2.13. The molecule has 0 saturated heterocycles. The topological polar surface area (TPSA) is 95.5 Å². The predicted octanol–water partition coefficient (Wildman–Crippen LogP) is 2.34. The summed E-state index contributed by atoms with van der Waals surface area (Å²) < 4.78 is 0. The predicted molar refractivity (Wildman–Crippen MR) is 87.8 cm³/mol. The molecule has 8 heteroatoms. The number of carboxylic acid groups (broad SMARTS) is 1. The Bertz CT molecular complexity index is 605. The summed E-state index contributed by atoms with van der Waals surface area (Å²) in [5, 5.41) is 14.4. The Kier molecular flexibility index (Phi) is 7.32. The Morgan fingerprint density at radius 1 is 1.22 bits per heavy atom. The molecule has 0 spiro atoms. The molecule has 6 nitrogen and oxygen atoms in total. The van der Waals surface area contributed by atoms with E-state index in [9.17, 15) is 14.4 Å². The van der Waals surface area contributed by atoms with E-state index in [0.29, 0.717) is 11.4 Å². The lowest BCUT2D eigenvalue weighted by Gasteiger charge is -2.16. The minimum atomic E-state index is -1.11. The van der Waals surface area contributed by atoms with Crippen LogP contribution >= 0.6 is 23.2 Å². The molecular formula is C15H18Cl2N2O4. The molecule has 0 fully saturated rings. The van der Waals surface area contributed by atoms with Gasteiger partial charge < -0.3 is 15.7 Å². The van der Waals surface area contributed by atoms with Crippen LogP contribution in [0.25, 0.3) is 0 Å². The van der Waals surface area contributed by atoms with Crippen LogP contribution in [0, 0.1) is 5.92 Å². The maximum atomic E-state index is 11.9. The first-order valence-corrected chi connectivity index (χ1v) is 7.71. The molecule has 126 valence electrons. The minimum Gasteiger partial charge on any atom is -0.480 e. The van der Waals surface area contributed by atoms with Gasteiger partial charge in [-0.3, -0.25) is 9.59 Å². The van der Waals surface area contributed by atoms with Crippen LogP contribution < -0.4 is 10.6 Å². The van der Waals surface area contributed by atoms with Crippen molar-refractivity contribution in [3.8, 4) is 0 Å². The van der Waals surface area contributed by atoms with E-state index in [4.69, 9.17) is 28.3 Å². The van der Waals surface area contributed by atoms with E-state index in [1.165, 1.54) is 18.2 Å².